The molecule has 0 bridgehead atoms. The summed E-state index contributed by atoms with van der Waals surface area (Å²) in [5.74, 6) is -1.30. The van der Waals surface area contributed by atoms with Gasteiger partial charge in [-0.15, -0.1) is 0 Å². The molecule has 2 aliphatic carbocycles. The quantitative estimate of drug-likeness (QED) is 0.497. The third kappa shape index (κ3) is 4.54. The second kappa shape index (κ2) is 9.98. The first-order valence-corrected chi connectivity index (χ1v) is 12.6. The Morgan fingerprint density at radius 1 is 1.23 bits per heavy atom. The van der Waals surface area contributed by atoms with Crippen LogP contribution in [-0.2, 0) is 20.7 Å². The molecule has 0 aromatic heterocycles. The number of carbonyl (C=O) groups is 2. The first kappa shape index (κ1) is 25.2. The number of aliphatic hydroxyl groups is 1. The minimum Gasteiger partial charge on any atom is -0.457 e. The summed E-state index contributed by atoms with van der Waals surface area (Å²) < 4.78 is 5.93. The number of rotatable bonds is 3. The van der Waals surface area contributed by atoms with Crippen molar-refractivity contribution in [3.05, 3.63) is 84.0 Å². The molecule has 1 heterocycles. The van der Waals surface area contributed by atoms with Crippen molar-refractivity contribution in [1.82, 2.24) is 5.32 Å². The van der Waals surface area contributed by atoms with E-state index >= 15 is 0 Å². The Kier molecular flexibility index (Phi) is 7.18. The van der Waals surface area contributed by atoms with E-state index in [0.29, 0.717) is 12.3 Å². The van der Waals surface area contributed by atoms with E-state index in [1.807, 2.05) is 50.3 Å². The first-order chi connectivity index (χ1) is 16.7. The lowest BCUT2D eigenvalue weighted by Crippen LogP contribution is -2.60. The molecule has 1 aromatic carbocycles. The Labute approximate surface area is 208 Å². The normalized spacial score (nSPS) is 39.3. The fourth-order valence-electron chi connectivity index (χ4n) is 6.54. The van der Waals surface area contributed by atoms with Gasteiger partial charge in [0.05, 0.1) is 6.10 Å². The van der Waals surface area contributed by atoms with Gasteiger partial charge in [0.1, 0.15) is 11.5 Å². The van der Waals surface area contributed by atoms with Gasteiger partial charge < -0.3 is 15.2 Å². The molecular weight excluding hydrogens is 438 g/mol. The highest BCUT2D eigenvalue weighted by Crippen LogP contribution is 2.58. The Morgan fingerprint density at radius 3 is 2.63 bits per heavy atom. The SMILES string of the molecule is C=C1[C@@H](C)[C@H]2[C@H](Cc3ccccc3)NC(=O)[C@]23[C@H](OC(C)=O)C=C/C(C)=C\[C@@H](C)C/C=C/[C@H]3[C@@H]1O. The van der Waals surface area contributed by atoms with Gasteiger partial charge in [-0.2, -0.15) is 0 Å². The molecule has 1 saturated heterocycles. The van der Waals surface area contributed by atoms with E-state index in [-0.39, 0.29) is 23.8 Å². The molecule has 1 saturated carbocycles. The minimum absolute atomic E-state index is 0.158. The zero-order valence-electron chi connectivity index (χ0n) is 21.1. The number of benzene rings is 1. The van der Waals surface area contributed by atoms with Crippen molar-refractivity contribution in [2.24, 2.45) is 29.1 Å². The summed E-state index contributed by atoms with van der Waals surface area (Å²) in [5, 5.41) is 14.8. The van der Waals surface area contributed by atoms with Crippen LogP contribution in [0.2, 0.25) is 0 Å². The molecular formula is C30H37NO4. The Hall–Kier alpha value is -2.92. The van der Waals surface area contributed by atoms with Crippen LogP contribution >= 0.6 is 0 Å². The molecule has 0 radical (unpaired) electrons. The molecule has 5 nitrogen and oxygen atoms in total. The lowest BCUT2D eigenvalue weighted by molar-refractivity contribution is -0.166. The molecule has 8 atom stereocenters. The summed E-state index contributed by atoms with van der Waals surface area (Å²) in [6.45, 7) is 11.8. The van der Waals surface area contributed by atoms with E-state index in [9.17, 15) is 14.7 Å². The van der Waals surface area contributed by atoms with Gasteiger partial charge in [0.2, 0.25) is 5.91 Å². The molecule has 0 unspecified atom stereocenters. The Bertz CT molecular complexity index is 1070. The fourth-order valence-corrected chi connectivity index (χ4v) is 6.54. The van der Waals surface area contributed by atoms with E-state index < -0.39 is 29.5 Å². The molecule has 4 rings (SSSR count). The van der Waals surface area contributed by atoms with E-state index in [0.717, 1.165) is 23.1 Å². The van der Waals surface area contributed by atoms with Gasteiger partial charge in [-0.25, -0.2) is 0 Å². The second-order valence-corrected chi connectivity index (χ2v) is 10.5. The highest BCUT2D eigenvalue weighted by atomic mass is 16.5. The summed E-state index contributed by atoms with van der Waals surface area (Å²) in [4.78, 5) is 26.5. The number of allylic oxidation sites excluding steroid dienone is 4. The maximum Gasteiger partial charge on any atom is 0.303 e. The number of aliphatic hydroxyl groups excluding tert-OH is 1. The molecule has 3 aliphatic rings. The monoisotopic (exact) mass is 475 g/mol. The Morgan fingerprint density at radius 2 is 1.94 bits per heavy atom. The molecule has 1 aliphatic heterocycles. The third-order valence-electron chi connectivity index (χ3n) is 8.08. The fraction of sp³-hybridized carbons (Fsp3) is 0.467. The average Bonchev–Trinajstić information content (AvgIpc) is 3.08. The van der Waals surface area contributed by atoms with Crippen molar-refractivity contribution < 1.29 is 19.4 Å². The van der Waals surface area contributed by atoms with E-state index in [4.69, 9.17) is 4.74 Å². The maximum absolute atomic E-state index is 14.1. The van der Waals surface area contributed by atoms with Crippen molar-refractivity contribution >= 4 is 11.9 Å². The molecule has 35 heavy (non-hydrogen) atoms. The molecule has 2 fully saturated rings. The lowest BCUT2D eigenvalue weighted by Gasteiger charge is -2.52. The van der Waals surface area contributed by atoms with Crippen LogP contribution in [0.15, 0.2) is 78.4 Å². The zero-order valence-corrected chi connectivity index (χ0v) is 21.1. The molecule has 1 aromatic rings. The standard InChI is InChI=1S/C30H37NO4/c1-18-10-9-13-24-28(33)21(4)20(3)27-25(17-23-11-7-6-8-12-23)31-29(34)30(24,27)26(35-22(5)32)15-14-19(2)16-18/h6-9,11-16,18,20,24-28,33H,4,10,17H2,1-3,5H3,(H,31,34)/b13-9+,15-14?,19-16-/t18-,20+,24-,25-,26+,27-,28+,30+/m0/s1. The summed E-state index contributed by atoms with van der Waals surface area (Å²) in [5.41, 5.74) is 1.72. The smallest absolute Gasteiger partial charge is 0.303 e. The number of esters is 1. The van der Waals surface area contributed by atoms with Crippen LogP contribution < -0.4 is 5.32 Å². The van der Waals surface area contributed by atoms with Crippen molar-refractivity contribution in [2.75, 3.05) is 0 Å². The Balaban J connectivity index is 1.92. The number of carbonyl (C=O) groups excluding carboxylic acids is 2. The highest BCUT2D eigenvalue weighted by molar-refractivity contribution is 5.89. The average molecular weight is 476 g/mol. The van der Waals surface area contributed by atoms with Crippen LogP contribution in [0.25, 0.3) is 0 Å². The van der Waals surface area contributed by atoms with E-state index in [1.165, 1.54) is 6.92 Å². The van der Waals surface area contributed by atoms with Gasteiger partial charge in [-0.3, -0.25) is 9.59 Å². The van der Waals surface area contributed by atoms with Crippen LogP contribution in [0.4, 0.5) is 0 Å². The van der Waals surface area contributed by atoms with Gasteiger partial charge in [-0.1, -0.05) is 80.6 Å². The van der Waals surface area contributed by atoms with Crippen LogP contribution in [0.3, 0.4) is 0 Å². The van der Waals surface area contributed by atoms with Gasteiger partial charge in [0.25, 0.3) is 0 Å². The van der Waals surface area contributed by atoms with Crippen LogP contribution in [0.1, 0.15) is 39.7 Å². The highest BCUT2D eigenvalue weighted by Gasteiger charge is 2.68. The maximum atomic E-state index is 14.1. The van der Waals surface area contributed by atoms with Crippen molar-refractivity contribution in [3.63, 3.8) is 0 Å². The van der Waals surface area contributed by atoms with Crippen molar-refractivity contribution in [2.45, 2.75) is 58.8 Å². The molecule has 1 amide bonds. The topological polar surface area (TPSA) is 75.6 Å². The van der Waals surface area contributed by atoms with Gasteiger partial charge >= 0.3 is 5.97 Å². The van der Waals surface area contributed by atoms with Crippen LogP contribution in [-0.4, -0.2) is 35.2 Å². The largest absolute Gasteiger partial charge is 0.457 e. The predicted octanol–water partition coefficient (Wildman–Crippen LogP) is 4.54. The number of amides is 1. The van der Waals surface area contributed by atoms with E-state index in [2.05, 4.69) is 43.1 Å². The van der Waals surface area contributed by atoms with E-state index in [1.54, 1.807) is 0 Å². The van der Waals surface area contributed by atoms with Gasteiger partial charge in [0, 0.05) is 24.8 Å². The van der Waals surface area contributed by atoms with Crippen LogP contribution in [0, 0.1) is 29.1 Å². The molecule has 186 valence electrons. The molecule has 1 spiro atoms. The van der Waals surface area contributed by atoms with Crippen LogP contribution in [0.5, 0.6) is 0 Å². The summed E-state index contributed by atoms with van der Waals surface area (Å²) >= 11 is 0. The van der Waals surface area contributed by atoms with Crippen molar-refractivity contribution in [1.29, 1.82) is 0 Å². The number of ether oxygens (including phenoxy) is 1. The summed E-state index contributed by atoms with van der Waals surface area (Å²) in [6, 6.07) is 9.89. The second-order valence-electron chi connectivity index (χ2n) is 10.5. The third-order valence-corrected chi connectivity index (χ3v) is 8.08. The number of hydrogen-bond acceptors (Lipinski definition) is 4. The lowest BCUT2D eigenvalue weighted by atomic mass is 9.51. The first-order valence-electron chi connectivity index (χ1n) is 12.6. The number of hydrogen-bond donors (Lipinski definition) is 2. The summed E-state index contributed by atoms with van der Waals surface area (Å²) in [6.07, 6.45) is 9.65. The minimum atomic E-state index is -1.16. The predicted molar refractivity (Wildman–Crippen MR) is 137 cm³/mol. The summed E-state index contributed by atoms with van der Waals surface area (Å²) in [7, 11) is 0. The van der Waals surface area contributed by atoms with Gasteiger partial charge in [-0.05, 0) is 48.8 Å². The van der Waals surface area contributed by atoms with Gasteiger partial charge in [0.15, 0.2) is 0 Å². The molecule has 2 N–H and O–H groups in total. The molecule has 5 heteroatoms. The number of nitrogens with one attached hydrogen (secondary N) is 1. The zero-order chi connectivity index (χ0) is 25.3. The van der Waals surface area contributed by atoms with Crippen molar-refractivity contribution in [3.8, 4) is 0 Å².